The second-order valence-corrected chi connectivity index (χ2v) is 6.79. The minimum atomic E-state index is -0.235. The van der Waals surface area contributed by atoms with E-state index in [1.54, 1.807) is 0 Å². The second kappa shape index (κ2) is 6.16. The van der Waals surface area contributed by atoms with Crippen LogP contribution in [-0.4, -0.2) is 28.8 Å². The Bertz CT molecular complexity index is 727. The number of carbonyl (C=O) groups excluding carboxylic acids is 1. The van der Waals surface area contributed by atoms with Gasteiger partial charge in [0.15, 0.2) is 11.5 Å². The molecule has 1 N–H and O–H groups in total. The van der Waals surface area contributed by atoms with Crippen LogP contribution in [0.1, 0.15) is 41.7 Å². The van der Waals surface area contributed by atoms with E-state index in [0.29, 0.717) is 17.8 Å². The summed E-state index contributed by atoms with van der Waals surface area (Å²) < 4.78 is 14.6. The maximum absolute atomic E-state index is 12.3. The first-order valence-corrected chi connectivity index (χ1v) is 8.28. The molecule has 3 rings (SSSR count). The summed E-state index contributed by atoms with van der Waals surface area (Å²) in [6, 6.07) is 5.88. The third kappa shape index (κ3) is 3.14. The fourth-order valence-corrected chi connectivity index (χ4v) is 3.08. The number of aryl methyl sites for hydroxylation is 1. The first-order chi connectivity index (χ1) is 11.0. The highest BCUT2D eigenvalue weighted by Crippen LogP contribution is 2.36. The fourth-order valence-electron chi connectivity index (χ4n) is 2.41. The molecule has 1 aromatic heterocycles. The van der Waals surface area contributed by atoms with Crippen LogP contribution in [0.15, 0.2) is 18.2 Å². The van der Waals surface area contributed by atoms with Crippen LogP contribution >= 0.6 is 11.5 Å². The molecular weight excluding hydrogens is 314 g/mol. The van der Waals surface area contributed by atoms with Crippen molar-refractivity contribution >= 4 is 17.4 Å². The molecule has 1 amide bonds. The first-order valence-electron chi connectivity index (χ1n) is 7.51. The van der Waals surface area contributed by atoms with Crippen molar-refractivity contribution in [2.75, 3.05) is 13.3 Å². The van der Waals surface area contributed by atoms with E-state index in [-0.39, 0.29) is 18.1 Å². The highest BCUT2D eigenvalue weighted by Gasteiger charge is 2.25. The lowest BCUT2D eigenvalue weighted by Crippen LogP contribution is -2.36. The summed E-state index contributed by atoms with van der Waals surface area (Å²) in [7, 11) is 0. The zero-order valence-electron chi connectivity index (χ0n) is 13.4. The van der Waals surface area contributed by atoms with Crippen molar-refractivity contribution in [3.05, 3.63) is 34.3 Å². The van der Waals surface area contributed by atoms with Crippen LogP contribution in [0.5, 0.6) is 11.5 Å². The summed E-state index contributed by atoms with van der Waals surface area (Å²) in [5.74, 6) is 1.39. The summed E-state index contributed by atoms with van der Waals surface area (Å²) in [5.41, 5.74) is 1.59. The van der Waals surface area contributed by atoms with E-state index in [4.69, 9.17) is 9.47 Å². The van der Waals surface area contributed by atoms with Crippen molar-refractivity contribution in [2.24, 2.45) is 0 Å². The number of benzene rings is 1. The molecule has 122 valence electrons. The number of amides is 1. The molecule has 1 aromatic carbocycles. The lowest BCUT2D eigenvalue weighted by Gasteiger charge is -2.25. The zero-order chi connectivity index (χ0) is 16.4. The van der Waals surface area contributed by atoms with E-state index in [1.807, 2.05) is 25.1 Å². The van der Waals surface area contributed by atoms with E-state index in [2.05, 4.69) is 28.8 Å². The van der Waals surface area contributed by atoms with E-state index >= 15 is 0 Å². The van der Waals surface area contributed by atoms with Crippen molar-refractivity contribution in [1.29, 1.82) is 0 Å². The van der Waals surface area contributed by atoms with E-state index < -0.39 is 0 Å². The van der Waals surface area contributed by atoms with Gasteiger partial charge in [0, 0.05) is 12.0 Å². The van der Waals surface area contributed by atoms with Gasteiger partial charge in [0.2, 0.25) is 6.79 Å². The molecule has 23 heavy (non-hydrogen) atoms. The van der Waals surface area contributed by atoms with Crippen LogP contribution in [0.25, 0.3) is 0 Å². The molecule has 6 nitrogen and oxygen atoms in total. The van der Waals surface area contributed by atoms with Gasteiger partial charge in [0.05, 0.1) is 5.69 Å². The molecule has 0 unspecified atom stereocenters. The molecule has 0 spiro atoms. The van der Waals surface area contributed by atoms with Gasteiger partial charge < -0.3 is 14.8 Å². The molecule has 7 heteroatoms. The van der Waals surface area contributed by atoms with Gasteiger partial charge in [0.1, 0.15) is 4.88 Å². The lowest BCUT2D eigenvalue weighted by molar-refractivity contribution is 0.0948. The minimum absolute atomic E-state index is 0.120. The third-order valence-electron chi connectivity index (χ3n) is 3.94. The molecule has 1 aliphatic rings. The average Bonchev–Trinajstić information content (AvgIpc) is 3.20. The summed E-state index contributed by atoms with van der Waals surface area (Å²) in [4.78, 5) is 12.9. The van der Waals surface area contributed by atoms with E-state index in [9.17, 15) is 4.79 Å². The largest absolute Gasteiger partial charge is 0.454 e. The van der Waals surface area contributed by atoms with Gasteiger partial charge in [-0.25, -0.2) is 0 Å². The molecule has 0 atom stereocenters. The predicted octanol–water partition coefficient (Wildman–Crippen LogP) is 2.54. The Hall–Kier alpha value is -2.15. The van der Waals surface area contributed by atoms with Crippen molar-refractivity contribution < 1.29 is 14.3 Å². The number of fused-ring (bicyclic) bond motifs is 1. The molecule has 0 bridgehead atoms. The molecule has 2 heterocycles. The number of aromatic nitrogens is 2. The Morgan fingerprint density at radius 2 is 2.13 bits per heavy atom. The van der Waals surface area contributed by atoms with Crippen molar-refractivity contribution in [3.8, 4) is 11.5 Å². The van der Waals surface area contributed by atoms with Gasteiger partial charge in [-0.15, -0.1) is 5.10 Å². The zero-order valence-corrected chi connectivity index (χ0v) is 14.2. The third-order valence-corrected chi connectivity index (χ3v) is 4.71. The Morgan fingerprint density at radius 1 is 1.35 bits per heavy atom. The second-order valence-electron chi connectivity index (χ2n) is 6.04. The summed E-state index contributed by atoms with van der Waals surface area (Å²) in [5, 5.41) is 6.96. The molecule has 2 aromatic rings. The number of rotatable bonds is 5. The van der Waals surface area contributed by atoms with Gasteiger partial charge in [-0.05, 0) is 35.6 Å². The first kappa shape index (κ1) is 15.7. The van der Waals surface area contributed by atoms with Crippen LogP contribution < -0.4 is 14.8 Å². The maximum atomic E-state index is 12.3. The lowest BCUT2D eigenvalue weighted by atomic mass is 9.84. The molecule has 0 fully saturated rings. The van der Waals surface area contributed by atoms with Gasteiger partial charge in [-0.3, -0.25) is 4.79 Å². The van der Waals surface area contributed by atoms with Crippen LogP contribution in [0.2, 0.25) is 0 Å². The quantitative estimate of drug-likeness (QED) is 0.910. The predicted molar refractivity (Wildman–Crippen MR) is 87.2 cm³/mol. The summed E-state index contributed by atoms with van der Waals surface area (Å²) in [6.07, 6.45) is 0.699. The molecule has 0 aliphatic carbocycles. The Labute approximate surface area is 139 Å². The molecular formula is C16H19N3O3S. The number of ether oxygens (including phenoxy) is 2. The average molecular weight is 333 g/mol. The van der Waals surface area contributed by atoms with Crippen LogP contribution in [-0.2, 0) is 11.8 Å². The molecule has 0 radical (unpaired) electrons. The number of hydrogen-bond acceptors (Lipinski definition) is 6. The van der Waals surface area contributed by atoms with Crippen LogP contribution in [0, 0.1) is 0 Å². The Balaban J connectivity index is 1.70. The van der Waals surface area contributed by atoms with Crippen molar-refractivity contribution in [1.82, 2.24) is 14.9 Å². The number of carbonyl (C=O) groups is 1. The fraction of sp³-hybridized carbons (Fsp3) is 0.438. The van der Waals surface area contributed by atoms with Crippen LogP contribution in [0.3, 0.4) is 0 Å². The monoisotopic (exact) mass is 333 g/mol. The van der Waals surface area contributed by atoms with Crippen molar-refractivity contribution in [2.45, 2.75) is 32.6 Å². The van der Waals surface area contributed by atoms with Gasteiger partial charge in [0.25, 0.3) is 5.91 Å². The van der Waals surface area contributed by atoms with Gasteiger partial charge >= 0.3 is 0 Å². The SMILES string of the molecule is CCc1nnsc1C(=O)NCC(C)(C)c1ccc2c(c1)OCO2. The number of nitrogens with zero attached hydrogens (tertiary/aromatic N) is 2. The standard InChI is InChI=1S/C16H19N3O3S/c1-4-11-14(23-19-18-11)15(20)17-8-16(2,3)10-5-6-12-13(7-10)22-9-21-12/h5-7H,4,8-9H2,1-3H3,(H,17,20). The maximum Gasteiger partial charge on any atom is 0.264 e. The molecule has 0 saturated carbocycles. The van der Waals surface area contributed by atoms with Crippen LogP contribution in [0.4, 0.5) is 0 Å². The normalized spacial score (nSPS) is 13.2. The summed E-state index contributed by atoms with van der Waals surface area (Å²) >= 11 is 1.14. The Morgan fingerprint density at radius 3 is 2.91 bits per heavy atom. The molecule has 0 saturated heterocycles. The molecule has 1 aliphatic heterocycles. The Kier molecular flexibility index (Phi) is 4.21. The van der Waals surface area contributed by atoms with E-state index in [0.717, 1.165) is 34.3 Å². The topological polar surface area (TPSA) is 73.3 Å². The number of nitrogens with one attached hydrogen (secondary N) is 1. The van der Waals surface area contributed by atoms with Gasteiger partial charge in [-0.2, -0.15) is 0 Å². The summed E-state index contributed by atoms with van der Waals surface area (Å²) in [6.45, 7) is 6.89. The van der Waals surface area contributed by atoms with E-state index in [1.165, 1.54) is 0 Å². The highest BCUT2D eigenvalue weighted by molar-refractivity contribution is 7.08. The highest BCUT2D eigenvalue weighted by atomic mass is 32.1. The minimum Gasteiger partial charge on any atom is -0.454 e. The van der Waals surface area contributed by atoms with Crippen molar-refractivity contribution in [3.63, 3.8) is 0 Å². The van der Waals surface area contributed by atoms with Gasteiger partial charge in [-0.1, -0.05) is 31.3 Å². The number of hydrogen-bond donors (Lipinski definition) is 1. The smallest absolute Gasteiger partial charge is 0.264 e.